The highest BCUT2D eigenvalue weighted by Gasteiger charge is 2.11. The fourth-order valence-corrected chi connectivity index (χ4v) is 3.67. The summed E-state index contributed by atoms with van der Waals surface area (Å²) in [5, 5.41) is 0.689. The Labute approximate surface area is 188 Å². The first-order valence-electron chi connectivity index (χ1n) is 10.7. The highest BCUT2D eigenvalue weighted by molar-refractivity contribution is 6.30. The van der Waals surface area contributed by atoms with Gasteiger partial charge in [0.05, 0.1) is 17.6 Å². The maximum absolute atomic E-state index is 6.02. The molecule has 0 saturated heterocycles. The lowest BCUT2D eigenvalue weighted by Crippen LogP contribution is -2.13. The third-order valence-electron chi connectivity index (χ3n) is 5.56. The second-order valence-electron chi connectivity index (χ2n) is 7.64. The lowest BCUT2D eigenvalue weighted by Gasteiger charge is -2.13. The summed E-state index contributed by atoms with van der Waals surface area (Å²) in [4.78, 5) is 4.77. The van der Waals surface area contributed by atoms with Crippen LogP contribution in [-0.2, 0) is 13.2 Å². The molecule has 1 atom stereocenters. The van der Waals surface area contributed by atoms with Crippen molar-refractivity contribution in [1.29, 1.82) is 0 Å². The number of para-hydroxylation sites is 2. The van der Waals surface area contributed by atoms with Crippen molar-refractivity contribution in [3.63, 3.8) is 0 Å². The normalized spacial score (nSPS) is 12.1. The Morgan fingerprint density at radius 3 is 2.32 bits per heavy atom. The van der Waals surface area contributed by atoms with Crippen molar-refractivity contribution < 1.29 is 9.47 Å². The van der Waals surface area contributed by atoms with E-state index in [1.807, 2.05) is 42.5 Å². The molecule has 4 rings (SSSR count). The lowest BCUT2D eigenvalue weighted by atomic mass is 9.99. The Morgan fingerprint density at radius 2 is 1.58 bits per heavy atom. The molecule has 4 aromatic rings. The molecule has 0 fully saturated rings. The molecule has 0 saturated carbocycles. The lowest BCUT2D eigenvalue weighted by molar-refractivity contribution is 0.272. The topological polar surface area (TPSA) is 36.3 Å². The van der Waals surface area contributed by atoms with Crippen LogP contribution in [0.1, 0.15) is 37.6 Å². The molecule has 1 aromatic heterocycles. The van der Waals surface area contributed by atoms with Gasteiger partial charge in [0, 0.05) is 5.02 Å². The summed E-state index contributed by atoms with van der Waals surface area (Å²) >= 11 is 5.96. The number of imidazole rings is 1. The van der Waals surface area contributed by atoms with E-state index in [9.17, 15) is 0 Å². The van der Waals surface area contributed by atoms with Crippen LogP contribution in [0.25, 0.3) is 11.0 Å². The maximum atomic E-state index is 6.02. The molecular formula is C26H27ClN2O2. The van der Waals surface area contributed by atoms with E-state index in [0.29, 0.717) is 30.7 Å². The molecule has 0 spiro atoms. The van der Waals surface area contributed by atoms with E-state index in [4.69, 9.17) is 26.1 Å². The van der Waals surface area contributed by atoms with E-state index in [0.717, 1.165) is 34.8 Å². The van der Waals surface area contributed by atoms with Gasteiger partial charge in [0.1, 0.15) is 30.5 Å². The number of aromatic nitrogens is 2. The zero-order valence-electron chi connectivity index (χ0n) is 17.9. The first kappa shape index (κ1) is 21.3. The van der Waals surface area contributed by atoms with Crippen molar-refractivity contribution in [3.8, 4) is 11.5 Å². The molecule has 0 aliphatic heterocycles. The molecule has 31 heavy (non-hydrogen) atoms. The van der Waals surface area contributed by atoms with Crippen LogP contribution in [0.3, 0.4) is 0 Å². The molecule has 0 N–H and O–H groups in total. The van der Waals surface area contributed by atoms with Crippen LogP contribution < -0.4 is 9.47 Å². The Bertz CT molecular complexity index is 1120. The van der Waals surface area contributed by atoms with E-state index in [2.05, 4.69) is 48.7 Å². The quantitative estimate of drug-likeness (QED) is 0.288. The third-order valence-corrected chi connectivity index (χ3v) is 5.81. The number of rotatable bonds is 9. The fraction of sp³-hybridized carbons (Fsp3) is 0.269. The summed E-state index contributed by atoms with van der Waals surface area (Å²) in [5.74, 6) is 3.08. The van der Waals surface area contributed by atoms with E-state index >= 15 is 0 Å². The van der Waals surface area contributed by atoms with Gasteiger partial charge in [-0.2, -0.15) is 0 Å². The molecule has 5 heteroatoms. The minimum Gasteiger partial charge on any atom is -0.492 e. The second kappa shape index (κ2) is 9.88. The SMILES string of the molecule is CCC(C)c1ccc(OCCn2c(COc3ccc(Cl)cc3)nc3ccccc32)cc1. The van der Waals surface area contributed by atoms with Crippen molar-refractivity contribution in [2.24, 2.45) is 0 Å². The fourth-order valence-electron chi connectivity index (χ4n) is 3.55. The molecular weight excluding hydrogens is 408 g/mol. The first-order valence-corrected chi connectivity index (χ1v) is 11.1. The van der Waals surface area contributed by atoms with Crippen LogP contribution in [0.5, 0.6) is 11.5 Å². The monoisotopic (exact) mass is 434 g/mol. The summed E-state index contributed by atoms with van der Waals surface area (Å²) in [5.41, 5.74) is 3.38. The van der Waals surface area contributed by atoms with E-state index < -0.39 is 0 Å². The third kappa shape index (κ3) is 5.20. The number of hydrogen-bond acceptors (Lipinski definition) is 3. The smallest absolute Gasteiger partial charge is 0.148 e. The summed E-state index contributed by atoms with van der Waals surface area (Å²) < 4.78 is 14.1. The van der Waals surface area contributed by atoms with Gasteiger partial charge in [-0.1, -0.05) is 49.7 Å². The maximum Gasteiger partial charge on any atom is 0.148 e. The minimum absolute atomic E-state index is 0.375. The van der Waals surface area contributed by atoms with E-state index in [1.54, 1.807) is 0 Å². The van der Waals surface area contributed by atoms with Gasteiger partial charge in [0.25, 0.3) is 0 Å². The van der Waals surface area contributed by atoms with Crippen LogP contribution >= 0.6 is 11.6 Å². The number of nitrogens with zero attached hydrogens (tertiary/aromatic N) is 2. The molecule has 0 bridgehead atoms. The first-order chi connectivity index (χ1) is 15.1. The van der Waals surface area contributed by atoms with Gasteiger partial charge in [-0.15, -0.1) is 0 Å². The van der Waals surface area contributed by atoms with Crippen molar-refractivity contribution in [1.82, 2.24) is 9.55 Å². The standard InChI is InChI=1S/C26H27ClN2O2/c1-3-19(2)20-8-12-22(13-9-20)30-17-16-29-25-7-5-4-6-24(25)28-26(29)18-31-23-14-10-21(27)11-15-23/h4-15,19H,3,16-18H2,1-2H3. The second-order valence-corrected chi connectivity index (χ2v) is 8.07. The molecule has 1 heterocycles. The molecule has 0 aliphatic rings. The van der Waals surface area contributed by atoms with Gasteiger partial charge in [0.2, 0.25) is 0 Å². The predicted octanol–water partition coefficient (Wildman–Crippen LogP) is 6.86. The van der Waals surface area contributed by atoms with Gasteiger partial charge < -0.3 is 14.0 Å². The van der Waals surface area contributed by atoms with Gasteiger partial charge in [-0.25, -0.2) is 4.98 Å². The number of halogens is 1. The highest BCUT2D eigenvalue weighted by atomic mass is 35.5. The van der Waals surface area contributed by atoms with E-state index in [1.165, 1.54) is 5.56 Å². The Hall–Kier alpha value is -2.98. The number of ether oxygens (including phenoxy) is 2. The summed E-state index contributed by atoms with van der Waals surface area (Å²) in [6.45, 7) is 6.07. The summed E-state index contributed by atoms with van der Waals surface area (Å²) in [6, 6.07) is 23.9. The van der Waals surface area contributed by atoms with Gasteiger partial charge in [-0.05, 0) is 66.4 Å². The van der Waals surface area contributed by atoms with Crippen molar-refractivity contribution >= 4 is 22.6 Å². The molecule has 0 radical (unpaired) electrons. The van der Waals surface area contributed by atoms with Crippen LogP contribution in [0.4, 0.5) is 0 Å². The Balaban J connectivity index is 1.44. The largest absolute Gasteiger partial charge is 0.492 e. The number of fused-ring (bicyclic) bond motifs is 1. The van der Waals surface area contributed by atoms with Crippen LogP contribution in [0.2, 0.25) is 5.02 Å². The van der Waals surface area contributed by atoms with Gasteiger partial charge >= 0.3 is 0 Å². The Kier molecular flexibility index (Phi) is 6.78. The van der Waals surface area contributed by atoms with Crippen LogP contribution in [0.15, 0.2) is 72.8 Å². The van der Waals surface area contributed by atoms with Gasteiger partial charge in [0.15, 0.2) is 0 Å². The van der Waals surface area contributed by atoms with Crippen LogP contribution in [0, 0.1) is 0 Å². The highest BCUT2D eigenvalue weighted by Crippen LogP contribution is 2.23. The molecule has 0 aliphatic carbocycles. The van der Waals surface area contributed by atoms with Crippen molar-refractivity contribution in [3.05, 3.63) is 89.2 Å². The predicted molar refractivity (Wildman–Crippen MR) is 126 cm³/mol. The average molecular weight is 435 g/mol. The van der Waals surface area contributed by atoms with Crippen molar-refractivity contribution in [2.45, 2.75) is 39.3 Å². The summed E-state index contributed by atoms with van der Waals surface area (Å²) in [6.07, 6.45) is 1.13. The number of benzene rings is 3. The van der Waals surface area contributed by atoms with E-state index in [-0.39, 0.29) is 0 Å². The molecule has 3 aromatic carbocycles. The van der Waals surface area contributed by atoms with Gasteiger partial charge in [-0.3, -0.25) is 0 Å². The van der Waals surface area contributed by atoms with Crippen molar-refractivity contribution in [2.75, 3.05) is 6.61 Å². The average Bonchev–Trinajstić information content (AvgIpc) is 3.16. The zero-order chi connectivity index (χ0) is 21.6. The molecule has 160 valence electrons. The minimum atomic E-state index is 0.375. The van der Waals surface area contributed by atoms with Crippen LogP contribution in [-0.4, -0.2) is 16.2 Å². The summed E-state index contributed by atoms with van der Waals surface area (Å²) in [7, 11) is 0. The number of hydrogen-bond donors (Lipinski definition) is 0. The molecule has 4 nitrogen and oxygen atoms in total. The zero-order valence-corrected chi connectivity index (χ0v) is 18.7. The molecule has 0 amide bonds. The Morgan fingerprint density at radius 1 is 0.903 bits per heavy atom. The molecule has 1 unspecified atom stereocenters.